The summed E-state index contributed by atoms with van der Waals surface area (Å²) in [5.41, 5.74) is 0.829. The van der Waals surface area contributed by atoms with Crippen LogP contribution in [0.2, 0.25) is 0 Å². The van der Waals surface area contributed by atoms with Gasteiger partial charge in [0.1, 0.15) is 17.7 Å². The first-order valence-electron chi connectivity index (χ1n) is 11.1. The first kappa shape index (κ1) is 21.6. The van der Waals surface area contributed by atoms with Crippen molar-refractivity contribution in [3.05, 3.63) is 18.0 Å². The van der Waals surface area contributed by atoms with Crippen LogP contribution in [-0.4, -0.2) is 67.8 Å². The number of rotatable bonds is 6. The highest BCUT2D eigenvalue weighted by molar-refractivity contribution is 5.92. The Morgan fingerprint density at radius 2 is 1.68 bits per heavy atom. The molecule has 0 aliphatic carbocycles. The zero-order valence-electron chi connectivity index (χ0n) is 18.7. The summed E-state index contributed by atoms with van der Waals surface area (Å²) >= 11 is 0. The number of nitrogens with zero attached hydrogens (tertiary/aromatic N) is 4. The van der Waals surface area contributed by atoms with Gasteiger partial charge in [0.25, 0.3) is 0 Å². The molecule has 2 aliphatic heterocycles. The number of ether oxygens (including phenoxy) is 3. The van der Waals surface area contributed by atoms with E-state index in [9.17, 15) is 4.79 Å². The maximum atomic E-state index is 12.3. The van der Waals surface area contributed by atoms with Gasteiger partial charge in [-0.15, -0.1) is 0 Å². The van der Waals surface area contributed by atoms with Gasteiger partial charge in [-0.2, -0.15) is 0 Å². The average Bonchev–Trinajstić information content (AvgIpc) is 2.83. The Morgan fingerprint density at radius 3 is 2.39 bits per heavy atom. The lowest BCUT2D eigenvalue weighted by molar-refractivity contribution is -0.148. The lowest BCUT2D eigenvalue weighted by atomic mass is 10.0. The molecule has 2 fully saturated rings. The van der Waals surface area contributed by atoms with Gasteiger partial charge in [0.05, 0.1) is 33.4 Å². The van der Waals surface area contributed by atoms with Crippen LogP contribution < -0.4 is 14.4 Å². The van der Waals surface area contributed by atoms with Crippen LogP contribution in [0.1, 0.15) is 44.3 Å². The van der Waals surface area contributed by atoms with Gasteiger partial charge >= 0.3 is 5.97 Å². The molecule has 0 bridgehead atoms. The minimum Gasteiger partial charge on any atom is -0.493 e. The monoisotopic (exact) mass is 428 g/mol. The van der Waals surface area contributed by atoms with Gasteiger partial charge in [-0.05, 0) is 44.7 Å². The normalized spacial score (nSPS) is 20.0. The van der Waals surface area contributed by atoms with Crippen LogP contribution in [0.5, 0.6) is 11.5 Å². The Kier molecular flexibility index (Phi) is 6.75. The number of carbonyl (C=O) groups is 1. The van der Waals surface area contributed by atoms with E-state index in [1.165, 1.54) is 13.5 Å². The van der Waals surface area contributed by atoms with Crippen LogP contribution in [0.3, 0.4) is 0 Å². The number of aromatic nitrogens is 2. The summed E-state index contributed by atoms with van der Waals surface area (Å²) in [7, 11) is 4.73. The number of anilines is 1. The molecule has 1 aromatic carbocycles. The predicted molar refractivity (Wildman–Crippen MR) is 119 cm³/mol. The van der Waals surface area contributed by atoms with E-state index < -0.39 is 0 Å². The summed E-state index contributed by atoms with van der Waals surface area (Å²) < 4.78 is 16.1. The SMILES string of the molecule is COC(=O)C1CCCCN1Cc1nc(N2CCCCC2)c2cc(OC)c(OC)cc2n1. The number of hydrogen-bond acceptors (Lipinski definition) is 8. The molecule has 0 spiro atoms. The summed E-state index contributed by atoms with van der Waals surface area (Å²) in [6, 6.07) is 3.66. The van der Waals surface area contributed by atoms with Crippen molar-refractivity contribution in [1.82, 2.24) is 14.9 Å². The summed E-state index contributed by atoms with van der Waals surface area (Å²) in [5, 5.41) is 0.964. The average molecular weight is 429 g/mol. The Morgan fingerprint density at radius 1 is 0.968 bits per heavy atom. The lowest BCUT2D eigenvalue weighted by Gasteiger charge is -2.33. The summed E-state index contributed by atoms with van der Waals surface area (Å²) in [4.78, 5) is 26.7. The van der Waals surface area contributed by atoms with E-state index in [-0.39, 0.29) is 12.0 Å². The first-order valence-corrected chi connectivity index (χ1v) is 11.1. The van der Waals surface area contributed by atoms with Crippen molar-refractivity contribution in [3.8, 4) is 11.5 Å². The van der Waals surface area contributed by atoms with Crippen LogP contribution in [0.25, 0.3) is 10.9 Å². The Hall–Kier alpha value is -2.61. The van der Waals surface area contributed by atoms with Crippen molar-refractivity contribution in [2.24, 2.45) is 0 Å². The highest BCUT2D eigenvalue weighted by Gasteiger charge is 2.30. The molecule has 168 valence electrons. The number of piperidine rings is 2. The lowest BCUT2D eigenvalue weighted by Crippen LogP contribution is -2.45. The van der Waals surface area contributed by atoms with Gasteiger partial charge in [-0.3, -0.25) is 9.69 Å². The predicted octanol–water partition coefficient (Wildman–Crippen LogP) is 3.16. The fourth-order valence-electron chi connectivity index (χ4n) is 4.67. The molecule has 8 nitrogen and oxygen atoms in total. The third kappa shape index (κ3) is 4.54. The summed E-state index contributed by atoms with van der Waals surface area (Å²) in [6.45, 7) is 3.32. The molecule has 2 aliphatic rings. The summed E-state index contributed by atoms with van der Waals surface area (Å²) in [6.07, 6.45) is 6.47. The number of fused-ring (bicyclic) bond motifs is 1. The largest absolute Gasteiger partial charge is 0.493 e. The maximum absolute atomic E-state index is 12.3. The second kappa shape index (κ2) is 9.68. The molecule has 3 heterocycles. The molecule has 1 atom stereocenters. The molecular formula is C23H32N4O4. The van der Waals surface area contributed by atoms with Gasteiger partial charge in [0.15, 0.2) is 11.5 Å². The molecule has 2 saturated heterocycles. The summed E-state index contributed by atoms with van der Waals surface area (Å²) in [5.74, 6) is 2.80. The highest BCUT2D eigenvalue weighted by Crippen LogP contribution is 2.36. The van der Waals surface area contributed by atoms with Gasteiger partial charge in [0.2, 0.25) is 0 Å². The molecule has 0 saturated carbocycles. The highest BCUT2D eigenvalue weighted by atomic mass is 16.5. The molecule has 1 unspecified atom stereocenters. The minimum atomic E-state index is -0.234. The van der Waals surface area contributed by atoms with E-state index in [1.807, 2.05) is 12.1 Å². The fourth-order valence-corrected chi connectivity index (χ4v) is 4.67. The third-order valence-electron chi connectivity index (χ3n) is 6.31. The minimum absolute atomic E-state index is 0.178. The molecule has 1 aromatic heterocycles. The van der Waals surface area contributed by atoms with Gasteiger partial charge < -0.3 is 19.1 Å². The van der Waals surface area contributed by atoms with Crippen molar-refractivity contribution in [1.29, 1.82) is 0 Å². The van der Waals surface area contributed by atoms with E-state index in [4.69, 9.17) is 24.2 Å². The molecule has 2 aromatic rings. The van der Waals surface area contributed by atoms with Crippen LogP contribution in [-0.2, 0) is 16.1 Å². The van der Waals surface area contributed by atoms with E-state index in [1.54, 1.807) is 14.2 Å². The zero-order valence-corrected chi connectivity index (χ0v) is 18.7. The van der Waals surface area contributed by atoms with Crippen molar-refractivity contribution in [2.75, 3.05) is 45.9 Å². The number of esters is 1. The van der Waals surface area contributed by atoms with Crippen molar-refractivity contribution >= 4 is 22.7 Å². The second-order valence-corrected chi connectivity index (χ2v) is 8.24. The second-order valence-electron chi connectivity index (χ2n) is 8.24. The smallest absolute Gasteiger partial charge is 0.323 e. The maximum Gasteiger partial charge on any atom is 0.323 e. The van der Waals surface area contributed by atoms with Crippen LogP contribution in [0.4, 0.5) is 5.82 Å². The van der Waals surface area contributed by atoms with Crippen molar-refractivity contribution < 1.29 is 19.0 Å². The molecular weight excluding hydrogens is 396 g/mol. The quantitative estimate of drug-likeness (QED) is 0.650. The number of likely N-dealkylation sites (tertiary alicyclic amines) is 1. The van der Waals surface area contributed by atoms with Crippen LogP contribution in [0, 0.1) is 0 Å². The Labute approximate surface area is 183 Å². The molecule has 0 radical (unpaired) electrons. The van der Waals surface area contributed by atoms with Crippen molar-refractivity contribution in [2.45, 2.75) is 51.1 Å². The Bertz CT molecular complexity index is 929. The standard InChI is InChI=1S/C23H32N4O4/c1-29-19-13-16-17(14-20(19)30-2)24-21(25-22(16)26-10-6-4-7-11-26)15-27-12-8-5-9-18(27)23(28)31-3/h13-14,18H,4-12,15H2,1-3H3. The van der Waals surface area contributed by atoms with E-state index in [0.717, 1.165) is 74.3 Å². The molecule has 4 rings (SSSR count). The molecule has 31 heavy (non-hydrogen) atoms. The van der Waals surface area contributed by atoms with Gasteiger partial charge in [-0.25, -0.2) is 9.97 Å². The fraction of sp³-hybridized carbons (Fsp3) is 0.609. The van der Waals surface area contributed by atoms with Crippen LogP contribution in [0.15, 0.2) is 12.1 Å². The van der Waals surface area contributed by atoms with E-state index in [2.05, 4.69) is 9.80 Å². The molecule has 0 N–H and O–H groups in total. The number of carbonyl (C=O) groups excluding carboxylic acids is 1. The zero-order chi connectivity index (χ0) is 21.8. The van der Waals surface area contributed by atoms with Gasteiger partial charge in [0, 0.05) is 24.5 Å². The molecule has 8 heteroatoms. The number of methoxy groups -OCH3 is 3. The Balaban J connectivity index is 1.75. The van der Waals surface area contributed by atoms with Gasteiger partial charge in [-0.1, -0.05) is 6.42 Å². The topological polar surface area (TPSA) is 77.0 Å². The third-order valence-corrected chi connectivity index (χ3v) is 6.31. The first-order chi connectivity index (χ1) is 15.1. The number of hydrogen-bond donors (Lipinski definition) is 0. The van der Waals surface area contributed by atoms with E-state index >= 15 is 0 Å². The van der Waals surface area contributed by atoms with E-state index in [0.29, 0.717) is 18.0 Å². The van der Waals surface area contributed by atoms with Crippen LogP contribution >= 0.6 is 0 Å². The van der Waals surface area contributed by atoms with Crippen molar-refractivity contribution in [3.63, 3.8) is 0 Å². The number of benzene rings is 1. The molecule has 0 amide bonds.